The van der Waals surface area contributed by atoms with Crippen molar-refractivity contribution in [2.45, 2.75) is 36.9 Å². The summed E-state index contributed by atoms with van der Waals surface area (Å²) in [5.74, 6) is 0.263. The van der Waals surface area contributed by atoms with Gasteiger partial charge in [0.1, 0.15) is 11.9 Å². The number of amides is 1. The fraction of sp³-hybridized carbons (Fsp3) is 0.458. The zero-order valence-corrected chi connectivity index (χ0v) is 19.3. The van der Waals surface area contributed by atoms with Crippen LogP contribution in [0.1, 0.15) is 31.4 Å². The lowest BCUT2D eigenvalue weighted by Crippen LogP contribution is -2.51. The molecule has 0 bridgehead atoms. The van der Waals surface area contributed by atoms with Gasteiger partial charge in [0.2, 0.25) is 15.9 Å². The first-order valence-electron chi connectivity index (χ1n) is 11.0. The fourth-order valence-electron chi connectivity index (χ4n) is 4.50. The molecule has 0 saturated carbocycles. The summed E-state index contributed by atoms with van der Waals surface area (Å²) in [6, 6.07) is 16.3. The molecule has 0 N–H and O–H groups in total. The third-order valence-electron chi connectivity index (χ3n) is 6.17. The molecular weight excluding hydrogens is 428 g/mol. The number of benzene rings is 2. The van der Waals surface area contributed by atoms with Gasteiger partial charge >= 0.3 is 0 Å². The van der Waals surface area contributed by atoms with Crippen LogP contribution in [-0.2, 0) is 19.6 Å². The third-order valence-corrected chi connectivity index (χ3v) is 8.05. The van der Waals surface area contributed by atoms with Crippen LogP contribution in [0.3, 0.4) is 0 Å². The summed E-state index contributed by atoms with van der Waals surface area (Å²) in [7, 11) is -2.13. The maximum absolute atomic E-state index is 13.4. The third kappa shape index (κ3) is 4.82. The Morgan fingerprint density at radius 2 is 1.75 bits per heavy atom. The Bertz CT molecular complexity index is 1030. The molecule has 0 aliphatic carbocycles. The van der Waals surface area contributed by atoms with Gasteiger partial charge in [-0.1, -0.05) is 30.3 Å². The smallest absolute Gasteiger partial charge is 0.243 e. The van der Waals surface area contributed by atoms with E-state index in [4.69, 9.17) is 9.47 Å². The van der Waals surface area contributed by atoms with Gasteiger partial charge in [-0.25, -0.2) is 8.42 Å². The molecule has 0 aromatic heterocycles. The average molecular weight is 459 g/mol. The number of methoxy groups -OCH3 is 1. The van der Waals surface area contributed by atoms with Crippen molar-refractivity contribution < 1.29 is 22.7 Å². The van der Waals surface area contributed by atoms with Crippen molar-refractivity contribution >= 4 is 15.9 Å². The summed E-state index contributed by atoms with van der Waals surface area (Å²) in [6.45, 7) is 3.59. The summed E-state index contributed by atoms with van der Waals surface area (Å²) < 4.78 is 39.0. The molecule has 2 aliphatic heterocycles. The molecule has 32 heavy (non-hydrogen) atoms. The van der Waals surface area contributed by atoms with Gasteiger partial charge in [0.05, 0.1) is 30.6 Å². The number of sulfonamides is 1. The van der Waals surface area contributed by atoms with Crippen LogP contribution >= 0.6 is 0 Å². The standard InChI is InChI=1S/C24H30N2O5S/c1-18-15-25(17-23(31-18)19-7-4-3-5-8-19)24(27)20-9-6-14-26(16-20)32(28,29)22-12-10-21(30-2)11-13-22/h3-5,7-8,10-13,18,20,23H,6,9,14-17H2,1-2H3. The van der Waals surface area contributed by atoms with Gasteiger partial charge in [0, 0.05) is 19.6 Å². The van der Waals surface area contributed by atoms with Crippen LogP contribution in [0.4, 0.5) is 0 Å². The fourth-order valence-corrected chi connectivity index (χ4v) is 6.02. The monoisotopic (exact) mass is 458 g/mol. The first-order valence-corrected chi connectivity index (χ1v) is 12.5. The topological polar surface area (TPSA) is 76.2 Å². The van der Waals surface area contributed by atoms with Crippen molar-refractivity contribution in [1.82, 2.24) is 9.21 Å². The van der Waals surface area contributed by atoms with E-state index in [0.29, 0.717) is 38.2 Å². The van der Waals surface area contributed by atoms with Gasteiger partial charge in [-0.2, -0.15) is 4.31 Å². The minimum absolute atomic E-state index is 0.00992. The molecule has 0 radical (unpaired) electrons. The van der Waals surface area contributed by atoms with E-state index >= 15 is 0 Å². The van der Waals surface area contributed by atoms with Crippen LogP contribution in [0.15, 0.2) is 59.5 Å². The highest BCUT2D eigenvalue weighted by Crippen LogP contribution is 2.29. The second kappa shape index (κ2) is 9.60. The molecule has 7 nitrogen and oxygen atoms in total. The normalized spacial score (nSPS) is 24.8. The molecule has 2 aromatic carbocycles. The zero-order valence-electron chi connectivity index (χ0n) is 18.5. The second-order valence-electron chi connectivity index (χ2n) is 8.47. The van der Waals surface area contributed by atoms with Crippen molar-refractivity contribution in [3.63, 3.8) is 0 Å². The molecule has 2 fully saturated rings. The minimum Gasteiger partial charge on any atom is -0.497 e. The van der Waals surface area contributed by atoms with E-state index in [1.165, 1.54) is 4.31 Å². The maximum Gasteiger partial charge on any atom is 0.243 e. The lowest BCUT2D eigenvalue weighted by Gasteiger charge is -2.40. The Morgan fingerprint density at radius 1 is 1.03 bits per heavy atom. The maximum atomic E-state index is 13.4. The van der Waals surface area contributed by atoms with Crippen LogP contribution in [-0.4, -0.2) is 62.9 Å². The van der Waals surface area contributed by atoms with Crippen molar-refractivity contribution in [1.29, 1.82) is 0 Å². The summed E-state index contributed by atoms with van der Waals surface area (Å²) in [6.07, 6.45) is 1.09. The van der Waals surface area contributed by atoms with E-state index < -0.39 is 10.0 Å². The molecule has 2 saturated heterocycles. The van der Waals surface area contributed by atoms with Crippen molar-refractivity contribution in [2.75, 3.05) is 33.3 Å². The largest absolute Gasteiger partial charge is 0.497 e. The molecule has 0 spiro atoms. The molecule has 172 valence electrons. The zero-order chi connectivity index (χ0) is 22.7. The number of morpholine rings is 1. The number of carbonyl (C=O) groups excluding carboxylic acids is 1. The Balaban J connectivity index is 1.47. The number of hydrogen-bond acceptors (Lipinski definition) is 5. The number of nitrogens with zero attached hydrogens (tertiary/aromatic N) is 2. The molecule has 2 heterocycles. The molecule has 8 heteroatoms. The molecule has 3 atom stereocenters. The Hall–Kier alpha value is -2.42. The number of ether oxygens (including phenoxy) is 2. The second-order valence-corrected chi connectivity index (χ2v) is 10.4. The molecule has 2 aromatic rings. The average Bonchev–Trinajstić information content (AvgIpc) is 2.84. The minimum atomic E-state index is -3.67. The predicted octanol–water partition coefficient (Wildman–Crippen LogP) is 3.08. The number of carbonyl (C=O) groups is 1. The Kier molecular flexibility index (Phi) is 6.83. The highest BCUT2D eigenvalue weighted by atomic mass is 32.2. The van der Waals surface area contributed by atoms with Gasteiger partial charge in [-0.05, 0) is 49.6 Å². The lowest BCUT2D eigenvalue weighted by atomic mass is 9.97. The molecule has 4 rings (SSSR count). The Morgan fingerprint density at radius 3 is 2.44 bits per heavy atom. The van der Waals surface area contributed by atoms with E-state index in [1.54, 1.807) is 31.4 Å². The van der Waals surface area contributed by atoms with Crippen LogP contribution < -0.4 is 4.74 Å². The number of hydrogen-bond donors (Lipinski definition) is 0. The van der Waals surface area contributed by atoms with E-state index in [1.807, 2.05) is 42.2 Å². The van der Waals surface area contributed by atoms with E-state index in [-0.39, 0.29) is 35.5 Å². The summed E-state index contributed by atoms with van der Waals surface area (Å²) >= 11 is 0. The predicted molar refractivity (Wildman–Crippen MR) is 121 cm³/mol. The van der Waals surface area contributed by atoms with E-state index in [0.717, 1.165) is 5.56 Å². The molecule has 1 amide bonds. The molecule has 3 unspecified atom stereocenters. The first kappa shape index (κ1) is 22.8. The van der Waals surface area contributed by atoms with Gasteiger partial charge in [0.15, 0.2) is 0 Å². The van der Waals surface area contributed by atoms with Crippen molar-refractivity contribution in [3.05, 3.63) is 60.2 Å². The summed E-state index contributed by atoms with van der Waals surface area (Å²) in [5.41, 5.74) is 1.05. The summed E-state index contributed by atoms with van der Waals surface area (Å²) in [5, 5.41) is 0. The van der Waals surface area contributed by atoms with Crippen LogP contribution in [0.5, 0.6) is 5.75 Å². The van der Waals surface area contributed by atoms with Crippen LogP contribution in [0.25, 0.3) is 0 Å². The highest BCUT2D eigenvalue weighted by molar-refractivity contribution is 7.89. The lowest BCUT2D eigenvalue weighted by molar-refractivity contribution is -0.150. The summed E-state index contributed by atoms with van der Waals surface area (Å²) in [4.78, 5) is 15.5. The van der Waals surface area contributed by atoms with Crippen molar-refractivity contribution in [3.8, 4) is 5.75 Å². The van der Waals surface area contributed by atoms with Gasteiger partial charge in [-0.15, -0.1) is 0 Å². The van der Waals surface area contributed by atoms with E-state index in [2.05, 4.69) is 0 Å². The van der Waals surface area contributed by atoms with Gasteiger partial charge in [-0.3, -0.25) is 4.79 Å². The van der Waals surface area contributed by atoms with Crippen LogP contribution in [0, 0.1) is 5.92 Å². The molecular formula is C24H30N2O5S. The quantitative estimate of drug-likeness (QED) is 0.688. The first-order chi connectivity index (χ1) is 15.4. The van der Waals surface area contributed by atoms with Crippen molar-refractivity contribution in [2.24, 2.45) is 5.92 Å². The molecule has 2 aliphatic rings. The number of piperidine rings is 1. The highest BCUT2D eigenvalue weighted by Gasteiger charge is 2.37. The van der Waals surface area contributed by atoms with Gasteiger partial charge < -0.3 is 14.4 Å². The van der Waals surface area contributed by atoms with E-state index in [9.17, 15) is 13.2 Å². The SMILES string of the molecule is COc1ccc(S(=O)(=O)N2CCCC(C(=O)N3CC(C)OC(c4ccccc4)C3)C2)cc1. The van der Waals surface area contributed by atoms with Crippen LogP contribution in [0.2, 0.25) is 0 Å². The number of rotatable bonds is 5. The Labute approximate surface area is 190 Å². The van der Waals surface area contributed by atoms with Gasteiger partial charge in [0.25, 0.3) is 0 Å².